The minimum absolute atomic E-state index is 0.0130. The van der Waals surface area contributed by atoms with Crippen molar-refractivity contribution in [2.75, 3.05) is 19.1 Å². The molecule has 0 saturated heterocycles. The van der Waals surface area contributed by atoms with Crippen molar-refractivity contribution in [3.05, 3.63) is 172 Å². The smallest absolute Gasteiger partial charge is 0.234 e. The number of carbonyl (C=O) groups is 1. The monoisotopic (exact) mass is 728 g/mol. The Bertz CT molecular complexity index is 2270. The number of halogens is 2. The van der Waals surface area contributed by atoms with Crippen molar-refractivity contribution >= 4 is 68.7 Å². The highest BCUT2D eigenvalue weighted by atomic mass is 35.5. The van der Waals surface area contributed by atoms with Gasteiger partial charge < -0.3 is 29.7 Å². The molecule has 7 rings (SSSR count). The Hall–Kier alpha value is -6.22. The molecule has 0 aromatic heterocycles. The standard InChI is InChI=1S/C42H30Cl2N2O6/c1-51-29-17-13-27(14-18-29)46(28-15-19-30(52-2)20-16-28)36-24-38(48)32(22-34(36)44)40-41(49)39(42(40)50)31-21-33(43)35(23-37(31)47)45(25-9-5-3-6-10-25)26-11-7-4-8-12-26/h3-24H,1-2H3,(H2,47,48,49,50). The number of ketones is 1. The Balaban J connectivity index is 1.30. The van der Waals surface area contributed by atoms with Crippen molar-refractivity contribution in [3.63, 3.8) is 0 Å². The normalized spacial score (nSPS) is 15.5. The highest BCUT2D eigenvalue weighted by Crippen LogP contribution is 2.47. The number of allylic oxidation sites excluding steroid dienone is 5. The van der Waals surface area contributed by atoms with Crippen molar-refractivity contribution in [2.24, 2.45) is 0 Å². The molecule has 0 unspecified atom stereocenters. The number of nitrogens with zero attached hydrogens (tertiary/aromatic N) is 2. The first-order chi connectivity index (χ1) is 25.2. The minimum Gasteiger partial charge on any atom is -0.871 e. The van der Waals surface area contributed by atoms with E-state index in [0.29, 0.717) is 34.3 Å². The van der Waals surface area contributed by atoms with Crippen LogP contribution < -0.4 is 24.1 Å². The summed E-state index contributed by atoms with van der Waals surface area (Å²) in [4.78, 5) is 15.6. The summed E-state index contributed by atoms with van der Waals surface area (Å²) in [5.74, 6) is -0.651. The van der Waals surface area contributed by atoms with Crippen LogP contribution in [0.3, 0.4) is 0 Å². The number of aromatic hydroxyl groups is 1. The first kappa shape index (κ1) is 34.2. The lowest BCUT2D eigenvalue weighted by atomic mass is 9.79. The number of ether oxygens (including phenoxy) is 2. The van der Waals surface area contributed by atoms with E-state index >= 15 is 0 Å². The van der Waals surface area contributed by atoms with Crippen LogP contribution in [-0.4, -0.2) is 35.9 Å². The molecule has 2 aliphatic carbocycles. The summed E-state index contributed by atoms with van der Waals surface area (Å²) in [6.07, 6.45) is 2.80. The van der Waals surface area contributed by atoms with E-state index in [1.54, 1.807) is 38.5 Å². The van der Waals surface area contributed by atoms with Gasteiger partial charge in [0, 0.05) is 64.0 Å². The van der Waals surface area contributed by atoms with E-state index in [-0.39, 0.29) is 43.8 Å². The summed E-state index contributed by atoms with van der Waals surface area (Å²) in [6, 6.07) is 36.3. The van der Waals surface area contributed by atoms with Crippen LogP contribution >= 0.6 is 23.2 Å². The summed E-state index contributed by atoms with van der Waals surface area (Å²) in [5.41, 5.74) is 3.28. The zero-order chi connectivity index (χ0) is 36.5. The summed E-state index contributed by atoms with van der Waals surface area (Å²) in [5, 5.41) is 36.6. The lowest BCUT2D eigenvalue weighted by Crippen LogP contribution is -2.31. The fourth-order valence-electron chi connectivity index (χ4n) is 6.20. The number of aliphatic hydroxyl groups is 1. The maximum Gasteiger partial charge on any atom is 0.234 e. The van der Waals surface area contributed by atoms with E-state index in [4.69, 9.17) is 32.7 Å². The lowest BCUT2D eigenvalue weighted by molar-refractivity contribution is -0.297. The molecule has 0 spiro atoms. The predicted octanol–water partition coefficient (Wildman–Crippen LogP) is 9.04. The van der Waals surface area contributed by atoms with E-state index in [1.807, 2.05) is 94.4 Å². The molecule has 10 heteroatoms. The molecule has 0 radical (unpaired) electrons. The SMILES string of the molecule is COc1ccc([N+](=C2C=C(O)/C(=C3\C(=O)C(c4cc(Cl)c(N(c5ccccc5)c5ccccc5)cc4O)=C3[O-])C=C2Cl)c2ccc(OC)cc2)cc1. The molecule has 8 nitrogen and oxygen atoms in total. The Labute approximate surface area is 310 Å². The van der Waals surface area contributed by atoms with Crippen LogP contribution in [0.4, 0.5) is 28.4 Å². The van der Waals surface area contributed by atoms with E-state index in [2.05, 4.69) is 0 Å². The first-order valence-electron chi connectivity index (χ1n) is 16.1. The first-order valence-corrected chi connectivity index (χ1v) is 16.8. The molecule has 0 saturated carbocycles. The maximum atomic E-state index is 13.7. The summed E-state index contributed by atoms with van der Waals surface area (Å²) < 4.78 is 12.5. The topological polar surface area (TPSA) is 105 Å². The molecule has 2 N–H and O–H groups in total. The van der Waals surface area contributed by atoms with Gasteiger partial charge in [0.1, 0.15) is 28.0 Å². The van der Waals surface area contributed by atoms with Gasteiger partial charge in [-0.15, -0.1) is 0 Å². The van der Waals surface area contributed by atoms with Gasteiger partial charge in [0.2, 0.25) is 17.1 Å². The molecule has 0 bridgehead atoms. The quantitative estimate of drug-likeness (QED) is 0.121. The zero-order valence-electron chi connectivity index (χ0n) is 27.9. The van der Waals surface area contributed by atoms with Crippen molar-refractivity contribution in [2.45, 2.75) is 0 Å². The van der Waals surface area contributed by atoms with Crippen LogP contribution in [-0.2, 0) is 4.79 Å². The molecule has 0 atom stereocenters. The Morgan fingerprint density at radius 1 is 0.692 bits per heavy atom. The third-order valence-corrected chi connectivity index (χ3v) is 9.35. The maximum absolute atomic E-state index is 13.7. The van der Waals surface area contributed by atoms with Gasteiger partial charge in [-0.1, -0.05) is 65.4 Å². The number of hydrogen-bond acceptors (Lipinski definition) is 7. The molecule has 0 heterocycles. The fourth-order valence-corrected chi connectivity index (χ4v) is 6.70. The number of aliphatic hydroxyl groups excluding tert-OH is 1. The van der Waals surface area contributed by atoms with Crippen LogP contribution in [0.5, 0.6) is 17.2 Å². The molecule has 5 aromatic rings. The molecule has 5 aromatic carbocycles. The average Bonchev–Trinajstić information content (AvgIpc) is 3.17. The number of methoxy groups -OCH3 is 2. The van der Waals surface area contributed by atoms with Gasteiger partial charge in [-0.2, -0.15) is 4.58 Å². The minimum atomic E-state index is -0.659. The number of hydrogen-bond donors (Lipinski definition) is 2. The van der Waals surface area contributed by atoms with Gasteiger partial charge in [-0.3, -0.25) is 4.79 Å². The average molecular weight is 730 g/mol. The molecule has 52 heavy (non-hydrogen) atoms. The van der Waals surface area contributed by atoms with Crippen molar-refractivity contribution in [3.8, 4) is 17.2 Å². The second-order valence-corrected chi connectivity index (χ2v) is 12.6. The van der Waals surface area contributed by atoms with Crippen LogP contribution in [0.15, 0.2) is 161 Å². The second-order valence-electron chi connectivity index (χ2n) is 11.8. The number of para-hydroxylation sites is 2. The molecule has 2 aliphatic rings. The Morgan fingerprint density at radius 2 is 1.21 bits per heavy atom. The second kappa shape index (κ2) is 14.2. The van der Waals surface area contributed by atoms with Crippen molar-refractivity contribution in [1.82, 2.24) is 4.58 Å². The van der Waals surface area contributed by atoms with Gasteiger partial charge >= 0.3 is 0 Å². The summed E-state index contributed by atoms with van der Waals surface area (Å²) in [6.45, 7) is 0. The highest BCUT2D eigenvalue weighted by molar-refractivity contribution is 6.47. The number of carbonyl (C=O) groups excluding carboxylic acids is 1. The lowest BCUT2D eigenvalue weighted by Gasteiger charge is -2.33. The van der Waals surface area contributed by atoms with Crippen LogP contribution in [0.2, 0.25) is 5.02 Å². The van der Waals surface area contributed by atoms with E-state index in [0.717, 1.165) is 11.4 Å². The fraction of sp³-hybridized carbons (Fsp3) is 0.0476. The Morgan fingerprint density at radius 3 is 1.69 bits per heavy atom. The summed E-state index contributed by atoms with van der Waals surface area (Å²) in [7, 11) is 3.15. The van der Waals surface area contributed by atoms with Crippen LogP contribution in [0.1, 0.15) is 5.56 Å². The zero-order valence-corrected chi connectivity index (χ0v) is 29.4. The van der Waals surface area contributed by atoms with Gasteiger partial charge in [-0.25, -0.2) is 0 Å². The number of phenols is 1. The van der Waals surface area contributed by atoms with Gasteiger partial charge in [0.25, 0.3) is 0 Å². The number of rotatable bonds is 8. The molecule has 0 fully saturated rings. The largest absolute Gasteiger partial charge is 0.871 e. The molecular weight excluding hydrogens is 699 g/mol. The van der Waals surface area contributed by atoms with E-state index in [9.17, 15) is 20.1 Å². The third kappa shape index (κ3) is 6.19. The van der Waals surface area contributed by atoms with Gasteiger partial charge in [0.15, 0.2) is 5.78 Å². The van der Waals surface area contributed by atoms with Crippen LogP contribution in [0.25, 0.3) is 5.57 Å². The van der Waals surface area contributed by atoms with Gasteiger partial charge in [-0.05, 0) is 60.7 Å². The van der Waals surface area contributed by atoms with E-state index in [1.165, 1.54) is 24.3 Å². The highest BCUT2D eigenvalue weighted by Gasteiger charge is 2.36. The van der Waals surface area contributed by atoms with Crippen molar-refractivity contribution < 1.29 is 29.6 Å². The van der Waals surface area contributed by atoms with Crippen LogP contribution in [0, 0.1) is 0 Å². The molecule has 0 amide bonds. The number of phenolic OH excluding ortho intramolecular Hbond substituents is 1. The molecular formula is C42H30Cl2N2O6. The predicted molar refractivity (Wildman–Crippen MR) is 204 cm³/mol. The summed E-state index contributed by atoms with van der Waals surface area (Å²) >= 11 is 13.7. The molecule has 258 valence electrons. The van der Waals surface area contributed by atoms with E-state index < -0.39 is 11.5 Å². The number of anilines is 3. The number of Topliss-reactive ketones (excluding diaryl/α,β-unsaturated/α-hetero) is 1. The van der Waals surface area contributed by atoms with Gasteiger partial charge in [0.05, 0.1) is 31.0 Å². The number of benzene rings is 5. The Kier molecular flexibility index (Phi) is 9.34. The molecule has 0 aliphatic heterocycles. The van der Waals surface area contributed by atoms with Crippen molar-refractivity contribution in [1.29, 1.82) is 0 Å². The third-order valence-electron chi connectivity index (χ3n) is 8.75.